The van der Waals surface area contributed by atoms with Crippen LogP contribution in [0.1, 0.15) is 21.9 Å². The number of rotatable bonds is 7. The Hall–Kier alpha value is -2.12. The van der Waals surface area contributed by atoms with Gasteiger partial charge in [0.2, 0.25) is 5.91 Å². The summed E-state index contributed by atoms with van der Waals surface area (Å²) in [5.74, 6) is 0.443. The van der Waals surface area contributed by atoms with Crippen molar-refractivity contribution in [2.75, 3.05) is 39.3 Å². The van der Waals surface area contributed by atoms with Gasteiger partial charge in [-0.3, -0.25) is 14.5 Å². The molecule has 3 heterocycles. The van der Waals surface area contributed by atoms with Gasteiger partial charge in [0, 0.05) is 50.6 Å². The van der Waals surface area contributed by atoms with E-state index < -0.39 is 0 Å². The van der Waals surface area contributed by atoms with E-state index in [0.29, 0.717) is 31.8 Å². The molecule has 3 rings (SSSR count). The second-order valence-electron chi connectivity index (χ2n) is 6.04. The number of hydrogen-bond donors (Lipinski definition) is 1. The van der Waals surface area contributed by atoms with Crippen LogP contribution in [-0.2, 0) is 11.2 Å². The molecule has 0 saturated carbocycles. The summed E-state index contributed by atoms with van der Waals surface area (Å²) < 4.78 is 5.16. The van der Waals surface area contributed by atoms with Crippen LogP contribution in [0.3, 0.4) is 0 Å². The Labute approximate surface area is 151 Å². The Balaban J connectivity index is 1.30. The quantitative estimate of drug-likeness (QED) is 0.817. The average molecular weight is 361 g/mol. The minimum Gasteiger partial charge on any atom is -0.459 e. The highest BCUT2D eigenvalue weighted by molar-refractivity contribution is 7.09. The van der Waals surface area contributed by atoms with Crippen LogP contribution < -0.4 is 5.32 Å². The van der Waals surface area contributed by atoms with Gasteiger partial charge in [-0.05, 0) is 30.0 Å². The summed E-state index contributed by atoms with van der Waals surface area (Å²) in [6.07, 6.45) is 2.85. The lowest BCUT2D eigenvalue weighted by molar-refractivity contribution is -0.121. The van der Waals surface area contributed by atoms with Crippen LogP contribution in [0.15, 0.2) is 40.3 Å². The number of nitrogens with one attached hydrogen (secondary N) is 1. The van der Waals surface area contributed by atoms with Crippen LogP contribution in [0.25, 0.3) is 0 Å². The van der Waals surface area contributed by atoms with Crippen molar-refractivity contribution in [3.05, 3.63) is 46.5 Å². The summed E-state index contributed by atoms with van der Waals surface area (Å²) in [7, 11) is 0. The number of amides is 2. The van der Waals surface area contributed by atoms with Crippen LogP contribution in [-0.4, -0.2) is 60.9 Å². The Morgan fingerprint density at radius 2 is 2.00 bits per heavy atom. The normalized spacial score (nSPS) is 15.3. The van der Waals surface area contributed by atoms with E-state index in [1.54, 1.807) is 23.5 Å². The van der Waals surface area contributed by atoms with Crippen molar-refractivity contribution in [3.63, 3.8) is 0 Å². The second kappa shape index (κ2) is 8.82. The first kappa shape index (κ1) is 17.7. The van der Waals surface area contributed by atoms with Crippen molar-refractivity contribution in [2.24, 2.45) is 0 Å². The topological polar surface area (TPSA) is 65.8 Å². The fraction of sp³-hybridized carbons (Fsp3) is 0.444. The molecule has 0 aliphatic carbocycles. The zero-order chi connectivity index (χ0) is 17.5. The van der Waals surface area contributed by atoms with Crippen LogP contribution in [0, 0.1) is 0 Å². The molecular weight excluding hydrogens is 338 g/mol. The van der Waals surface area contributed by atoms with Crippen molar-refractivity contribution in [1.29, 1.82) is 0 Å². The fourth-order valence-electron chi connectivity index (χ4n) is 2.86. The number of aryl methyl sites for hydroxylation is 1. The van der Waals surface area contributed by atoms with E-state index in [4.69, 9.17) is 4.42 Å². The fourth-order valence-corrected chi connectivity index (χ4v) is 3.57. The minimum atomic E-state index is -0.0495. The predicted octanol–water partition coefficient (Wildman–Crippen LogP) is 1.85. The summed E-state index contributed by atoms with van der Waals surface area (Å²) in [5, 5.41) is 5.01. The van der Waals surface area contributed by atoms with Gasteiger partial charge in [0.25, 0.3) is 5.91 Å². The van der Waals surface area contributed by atoms with Crippen LogP contribution in [0.2, 0.25) is 0 Å². The van der Waals surface area contributed by atoms with Gasteiger partial charge in [0.15, 0.2) is 5.76 Å². The monoisotopic (exact) mass is 361 g/mol. The van der Waals surface area contributed by atoms with Gasteiger partial charge in [-0.25, -0.2) is 0 Å². The first-order chi connectivity index (χ1) is 12.2. The van der Waals surface area contributed by atoms with Crippen molar-refractivity contribution in [1.82, 2.24) is 15.1 Å². The summed E-state index contributed by atoms with van der Waals surface area (Å²) >= 11 is 1.69. The van der Waals surface area contributed by atoms with Crippen LogP contribution in [0.4, 0.5) is 0 Å². The largest absolute Gasteiger partial charge is 0.459 e. The van der Waals surface area contributed by atoms with Crippen molar-refractivity contribution in [3.8, 4) is 0 Å². The number of carbonyl (C=O) groups excluding carboxylic acids is 2. The highest BCUT2D eigenvalue weighted by Crippen LogP contribution is 2.11. The van der Waals surface area contributed by atoms with Gasteiger partial charge in [0.05, 0.1) is 6.26 Å². The van der Waals surface area contributed by atoms with E-state index >= 15 is 0 Å². The number of furan rings is 1. The molecule has 1 saturated heterocycles. The summed E-state index contributed by atoms with van der Waals surface area (Å²) in [4.78, 5) is 29.4. The lowest BCUT2D eigenvalue weighted by Crippen LogP contribution is -2.50. The van der Waals surface area contributed by atoms with E-state index in [1.807, 2.05) is 16.3 Å². The molecule has 2 aromatic heterocycles. The van der Waals surface area contributed by atoms with E-state index in [9.17, 15) is 9.59 Å². The Morgan fingerprint density at radius 1 is 1.16 bits per heavy atom. The molecule has 1 N–H and O–H groups in total. The zero-order valence-electron chi connectivity index (χ0n) is 14.1. The third kappa shape index (κ3) is 5.17. The summed E-state index contributed by atoms with van der Waals surface area (Å²) in [6.45, 7) is 4.47. The van der Waals surface area contributed by atoms with Gasteiger partial charge in [0.1, 0.15) is 0 Å². The maximum absolute atomic E-state index is 12.2. The van der Waals surface area contributed by atoms with E-state index in [2.05, 4.69) is 16.3 Å². The third-order valence-corrected chi connectivity index (χ3v) is 5.26. The minimum absolute atomic E-state index is 0.0495. The molecule has 2 aromatic rings. The number of nitrogens with zero attached hydrogens (tertiary/aromatic N) is 2. The Morgan fingerprint density at radius 3 is 2.68 bits per heavy atom. The first-order valence-electron chi connectivity index (χ1n) is 8.56. The van der Waals surface area contributed by atoms with Gasteiger partial charge in [-0.15, -0.1) is 11.3 Å². The lowest BCUT2D eigenvalue weighted by atomic mass is 10.2. The molecule has 25 heavy (non-hydrogen) atoms. The van der Waals surface area contributed by atoms with Crippen LogP contribution in [0.5, 0.6) is 0 Å². The molecule has 0 aromatic carbocycles. The third-order valence-electron chi connectivity index (χ3n) is 4.32. The van der Waals surface area contributed by atoms with Crippen molar-refractivity contribution in [2.45, 2.75) is 12.8 Å². The summed E-state index contributed by atoms with van der Waals surface area (Å²) in [6, 6.07) is 7.49. The molecule has 7 heteroatoms. The van der Waals surface area contributed by atoms with Gasteiger partial charge in [-0.2, -0.15) is 0 Å². The Kier molecular flexibility index (Phi) is 6.25. The number of carbonyl (C=O) groups is 2. The first-order valence-corrected chi connectivity index (χ1v) is 9.44. The number of thiophene rings is 1. The molecule has 1 aliphatic rings. The summed E-state index contributed by atoms with van der Waals surface area (Å²) in [5.41, 5.74) is 0. The average Bonchev–Trinajstić information content (AvgIpc) is 3.34. The van der Waals surface area contributed by atoms with Crippen molar-refractivity contribution >= 4 is 23.2 Å². The lowest BCUT2D eigenvalue weighted by Gasteiger charge is -2.34. The van der Waals surface area contributed by atoms with Gasteiger partial charge >= 0.3 is 0 Å². The number of hydrogen-bond acceptors (Lipinski definition) is 5. The van der Waals surface area contributed by atoms with E-state index in [1.165, 1.54) is 11.1 Å². The molecule has 134 valence electrons. The highest BCUT2D eigenvalue weighted by Gasteiger charge is 2.23. The maximum Gasteiger partial charge on any atom is 0.289 e. The zero-order valence-corrected chi connectivity index (χ0v) is 15.0. The SMILES string of the molecule is O=C(CCc1cccs1)NCCN1CCN(C(=O)c2ccco2)CC1. The second-order valence-corrected chi connectivity index (χ2v) is 7.07. The molecule has 6 nitrogen and oxygen atoms in total. The molecule has 0 atom stereocenters. The number of piperazine rings is 1. The molecule has 1 fully saturated rings. The van der Waals surface area contributed by atoms with Gasteiger partial charge < -0.3 is 14.6 Å². The molecule has 0 spiro atoms. The Bertz CT molecular complexity index is 662. The molecular formula is C18H23N3O3S. The molecule has 0 unspecified atom stereocenters. The molecule has 0 radical (unpaired) electrons. The maximum atomic E-state index is 12.2. The molecule has 1 aliphatic heterocycles. The van der Waals surface area contributed by atoms with Crippen LogP contribution >= 0.6 is 11.3 Å². The molecule has 2 amide bonds. The smallest absolute Gasteiger partial charge is 0.289 e. The van der Waals surface area contributed by atoms with Gasteiger partial charge in [-0.1, -0.05) is 6.07 Å². The standard InChI is InChI=1S/C18H23N3O3S/c22-17(6-5-15-3-2-14-25-15)19-7-8-20-9-11-21(12-10-20)18(23)16-4-1-13-24-16/h1-4,13-14H,5-12H2,(H,19,22). The predicted molar refractivity (Wildman–Crippen MR) is 96.7 cm³/mol. The van der Waals surface area contributed by atoms with Crippen molar-refractivity contribution < 1.29 is 14.0 Å². The van der Waals surface area contributed by atoms with E-state index in [0.717, 1.165) is 26.1 Å². The van der Waals surface area contributed by atoms with E-state index in [-0.39, 0.29) is 11.8 Å². The highest BCUT2D eigenvalue weighted by atomic mass is 32.1. The molecule has 0 bridgehead atoms.